The Morgan fingerprint density at radius 2 is 2.36 bits per heavy atom. The average Bonchev–Trinajstić information content (AvgIpc) is 2.67. The summed E-state index contributed by atoms with van der Waals surface area (Å²) in [6.45, 7) is 4.53. The first-order valence-corrected chi connectivity index (χ1v) is 5.88. The van der Waals surface area contributed by atoms with Gasteiger partial charge in [-0.25, -0.2) is 4.98 Å². The minimum absolute atomic E-state index is 0.275. The number of aliphatic hydroxyl groups excluding tert-OH is 1. The van der Waals surface area contributed by atoms with E-state index < -0.39 is 0 Å². The van der Waals surface area contributed by atoms with Gasteiger partial charge in [0.05, 0.1) is 6.04 Å². The van der Waals surface area contributed by atoms with Crippen molar-refractivity contribution in [3.05, 3.63) is 16.6 Å². The monoisotopic (exact) mass is 214 g/mol. The molecule has 1 aromatic rings. The lowest BCUT2D eigenvalue weighted by molar-refractivity contribution is 0.274. The van der Waals surface area contributed by atoms with Crippen LogP contribution in [0.3, 0.4) is 0 Å². The first-order valence-electron chi connectivity index (χ1n) is 5.00. The van der Waals surface area contributed by atoms with E-state index in [4.69, 9.17) is 5.11 Å². The zero-order valence-electron chi connectivity index (χ0n) is 8.73. The molecule has 4 heteroatoms. The topological polar surface area (TPSA) is 45.1 Å². The zero-order chi connectivity index (χ0) is 10.4. The van der Waals surface area contributed by atoms with Crippen LogP contribution in [-0.2, 0) is 0 Å². The van der Waals surface area contributed by atoms with Crippen molar-refractivity contribution in [2.24, 2.45) is 0 Å². The maximum absolute atomic E-state index is 8.70. The summed E-state index contributed by atoms with van der Waals surface area (Å²) in [6.07, 6.45) is 3.70. The molecule has 0 saturated heterocycles. The predicted octanol–water partition coefficient (Wildman–Crippen LogP) is 1.95. The second kappa shape index (κ2) is 6.11. The van der Waals surface area contributed by atoms with Crippen LogP contribution in [0.5, 0.6) is 0 Å². The normalized spacial score (nSPS) is 15.4. The zero-order valence-corrected chi connectivity index (χ0v) is 9.55. The molecule has 0 aliphatic heterocycles. The van der Waals surface area contributed by atoms with Gasteiger partial charge in [-0.05, 0) is 26.7 Å². The molecule has 80 valence electrons. The summed E-state index contributed by atoms with van der Waals surface area (Å²) in [4.78, 5) is 4.26. The van der Waals surface area contributed by atoms with E-state index in [1.54, 1.807) is 11.3 Å². The number of hydrogen-bond donors (Lipinski definition) is 2. The van der Waals surface area contributed by atoms with Gasteiger partial charge in [0.2, 0.25) is 0 Å². The summed E-state index contributed by atoms with van der Waals surface area (Å²) >= 11 is 1.67. The van der Waals surface area contributed by atoms with Crippen LogP contribution in [0.4, 0.5) is 0 Å². The van der Waals surface area contributed by atoms with Crippen LogP contribution < -0.4 is 5.32 Å². The van der Waals surface area contributed by atoms with E-state index in [0.29, 0.717) is 12.1 Å². The Morgan fingerprint density at radius 3 is 2.93 bits per heavy atom. The Hall–Kier alpha value is -0.450. The highest BCUT2D eigenvalue weighted by Crippen LogP contribution is 2.15. The van der Waals surface area contributed by atoms with Gasteiger partial charge in [0.25, 0.3) is 0 Å². The molecule has 3 nitrogen and oxygen atoms in total. The smallest absolute Gasteiger partial charge is 0.109 e. The molecule has 2 atom stereocenters. The highest BCUT2D eigenvalue weighted by atomic mass is 32.1. The molecule has 0 bridgehead atoms. The minimum atomic E-state index is 0.275. The molecule has 0 aliphatic carbocycles. The standard InChI is InChI=1S/C10H18N2OS/c1-8(4-3-6-13)12-9(2)10-11-5-7-14-10/h5,7-9,12-13H,3-4,6H2,1-2H3/t8-,9+/m1/s1. The Kier molecular flexibility index (Phi) is 5.07. The van der Waals surface area contributed by atoms with Gasteiger partial charge < -0.3 is 10.4 Å². The molecule has 14 heavy (non-hydrogen) atoms. The predicted molar refractivity (Wildman–Crippen MR) is 59.4 cm³/mol. The van der Waals surface area contributed by atoms with Crippen LogP contribution in [0.25, 0.3) is 0 Å². The van der Waals surface area contributed by atoms with E-state index in [-0.39, 0.29) is 6.61 Å². The third kappa shape index (κ3) is 3.74. The van der Waals surface area contributed by atoms with Gasteiger partial charge in [0.1, 0.15) is 5.01 Å². The molecule has 0 fully saturated rings. The summed E-state index contributed by atoms with van der Waals surface area (Å²) in [5, 5.41) is 15.3. The molecule has 1 rings (SSSR count). The molecule has 0 aromatic carbocycles. The molecule has 0 saturated carbocycles. The van der Waals surface area contributed by atoms with Gasteiger partial charge in [0.15, 0.2) is 0 Å². The van der Waals surface area contributed by atoms with Crippen molar-refractivity contribution in [1.82, 2.24) is 10.3 Å². The Labute approximate surface area is 89.2 Å². The molecule has 0 unspecified atom stereocenters. The molecule has 0 radical (unpaired) electrons. The Bertz CT molecular complexity index is 238. The van der Waals surface area contributed by atoms with E-state index >= 15 is 0 Å². The van der Waals surface area contributed by atoms with Crippen LogP contribution >= 0.6 is 11.3 Å². The highest BCUT2D eigenvalue weighted by molar-refractivity contribution is 7.09. The maximum atomic E-state index is 8.70. The van der Waals surface area contributed by atoms with Gasteiger partial charge in [-0.15, -0.1) is 11.3 Å². The van der Waals surface area contributed by atoms with Gasteiger partial charge >= 0.3 is 0 Å². The number of thiazole rings is 1. The Morgan fingerprint density at radius 1 is 1.57 bits per heavy atom. The second-order valence-corrected chi connectivity index (χ2v) is 4.45. The number of nitrogens with zero attached hydrogens (tertiary/aromatic N) is 1. The van der Waals surface area contributed by atoms with Crippen molar-refractivity contribution in [1.29, 1.82) is 0 Å². The summed E-state index contributed by atoms with van der Waals surface area (Å²) in [7, 11) is 0. The number of nitrogens with one attached hydrogen (secondary N) is 1. The lowest BCUT2D eigenvalue weighted by Gasteiger charge is -2.17. The van der Waals surface area contributed by atoms with Crippen LogP contribution in [0.2, 0.25) is 0 Å². The number of rotatable bonds is 6. The van der Waals surface area contributed by atoms with E-state index in [1.165, 1.54) is 0 Å². The van der Waals surface area contributed by atoms with Crippen molar-refractivity contribution in [3.63, 3.8) is 0 Å². The SMILES string of the molecule is C[C@H](CCCO)N[C@@H](C)c1nccs1. The number of aromatic nitrogens is 1. The van der Waals surface area contributed by atoms with Crippen LogP contribution in [0.15, 0.2) is 11.6 Å². The van der Waals surface area contributed by atoms with Gasteiger partial charge in [0, 0.05) is 24.2 Å². The third-order valence-corrected chi connectivity index (χ3v) is 3.11. The van der Waals surface area contributed by atoms with Crippen molar-refractivity contribution >= 4 is 11.3 Å². The van der Waals surface area contributed by atoms with E-state index in [1.807, 2.05) is 11.6 Å². The molecule has 0 amide bonds. The highest BCUT2D eigenvalue weighted by Gasteiger charge is 2.10. The molecular formula is C10H18N2OS. The molecular weight excluding hydrogens is 196 g/mol. The van der Waals surface area contributed by atoms with Gasteiger partial charge in [-0.3, -0.25) is 0 Å². The molecule has 2 N–H and O–H groups in total. The second-order valence-electron chi connectivity index (χ2n) is 3.53. The first kappa shape index (κ1) is 11.6. The van der Waals surface area contributed by atoms with Crippen molar-refractivity contribution < 1.29 is 5.11 Å². The van der Waals surface area contributed by atoms with E-state index in [9.17, 15) is 0 Å². The number of hydrogen-bond acceptors (Lipinski definition) is 4. The fourth-order valence-corrected chi connectivity index (χ4v) is 2.08. The maximum Gasteiger partial charge on any atom is 0.109 e. The van der Waals surface area contributed by atoms with E-state index in [0.717, 1.165) is 17.8 Å². The van der Waals surface area contributed by atoms with E-state index in [2.05, 4.69) is 24.1 Å². The van der Waals surface area contributed by atoms with Crippen LogP contribution in [-0.4, -0.2) is 22.7 Å². The van der Waals surface area contributed by atoms with Crippen LogP contribution in [0.1, 0.15) is 37.7 Å². The lowest BCUT2D eigenvalue weighted by atomic mass is 10.1. The Balaban J connectivity index is 2.29. The first-order chi connectivity index (χ1) is 6.74. The fourth-order valence-electron chi connectivity index (χ4n) is 1.43. The van der Waals surface area contributed by atoms with Crippen molar-refractivity contribution in [2.45, 2.75) is 38.8 Å². The third-order valence-electron chi connectivity index (χ3n) is 2.15. The fraction of sp³-hybridized carbons (Fsp3) is 0.700. The summed E-state index contributed by atoms with van der Waals surface area (Å²) < 4.78 is 0. The molecule has 0 spiro atoms. The quantitative estimate of drug-likeness (QED) is 0.761. The minimum Gasteiger partial charge on any atom is -0.396 e. The largest absolute Gasteiger partial charge is 0.396 e. The van der Waals surface area contributed by atoms with Gasteiger partial charge in [-0.2, -0.15) is 0 Å². The van der Waals surface area contributed by atoms with Crippen molar-refractivity contribution in [2.75, 3.05) is 6.61 Å². The van der Waals surface area contributed by atoms with Crippen molar-refractivity contribution in [3.8, 4) is 0 Å². The molecule has 0 aliphatic rings. The summed E-state index contributed by atoms with van der Waals surface area (Å²) in [5.41, 5.74) is 0. The molecule has 1 aromatic heterocycles. The summed E-state index contributed by atoms with van der Waals surface area (Å²) in [6, 6.07) is 0.741. The average molecular weight is 214 g/mol. The lowest BCUT2D eigenvalue weighted by Crippen LogP contribution is -2.28. The number of aliphatic hydroxyl groups is 1. The van der Waals surface area contributed by atoms with Crippen LogP contribution in [0, 0.1) is 0 Å². The van der Waals surface area contributed by atoms with Gasteiger partial charge in [-0.1, -0.05) is 0 Å². The summed E-state index contributed by atoms with van der Waals surface area (Å²) in [5.74, 6) is 0. The molecule has 1 heterocycles.